The second-order valence-corrected chi connectivity index (χ2v) is 6.23. The highest BCUT2D eigenvalue weighted by Crippen LogP contribution is 2.23. The largest absolute Gasteiger partial charge is 0.495 e. The van der Waals surface area contributed by atoms with Crippen LogP contribution in [0.1, 0.15) is 0 Å². The number of carbonyl (C=O) groups excluding carboxylic acids is 1. The van der Waals surface area contributed by atoms with Crippen molar-refractivity contribution in [1.82, 2.24) is 9.80 Å². The predicted octanol–water partition coefficient (Wildman–Crippen LogP) is 0.0110. The molecule has 2 atom stereocenters. The lowest BCUT2D eigenvalue weighted by Gasteiger charge is -2.33. The van der Waals surface area contributed by atoms with Crippen LogP contribution in [0, 0.1) is 0 Å². The Morgan fingerprint density at radius 3 is 2.83 bits per heavy atom. The summed E-state index contributed by atoms with van der Waals surface area (Å²) >= 11 is 0. The van der Waals surface area contributed by atoms with E-state index in [4.69, 9.17) is 9.47 Å². The Morgan fingerprint density at radius 1 is 1.33 bits per heavy atom. The van der Waals surface area contributed by atoms with Gasteiger partial charge in [-0.05, 0) is 12.1 Å². The summed E-state index contributed by atoms with van der Waals surface area (Å²) in [6, 6.07) is 7.41. The number of aliphatic hydroxyl groups excluding tert-OH is 1. The van der Waals surface area contributed by atoms with Crippen LogP contribution in [0.2, 0.25) is 0 Å². The first-order valence-electron chi connectivity index (χ1n) is 8.32. The summed E-state index contributed by atoms with van der Waals surface area (Å²) in [5.74, 6) is 0.535. The van der Waals surface area contributed by atoms with E-state index in [0.29, 0.717) is 37.7 Å². The number of carbonyl (C=O) groups is 1. The highest BCUT2D eigenvalue weighted by atomic mass is 16.5. The highest BCUT2D eigenvalue weighted by Gasteiger charge is 2.36. The molecule has 1 amide bonds. The van der Waals surface area contributed by atoms with Crippen LogP contribution in [0.4, 0.5) is 5.69 Å². The van der Waals surface area contributed by atoms with Crippen molar-refractivity contribution in [2.75, 3.05) is 58.4 Å². The molecule has 2 N–H and O–H groups in total. The van der Waals surface area contributed by atoms with Crippen molar-refractivity contribution in [3.05, 3.63) is 24.3 Å². The Bertz CT molecular complexity index is 563. The van der Waals surface area contributed by atoms with E-state index in [2.05, 4.69) is 10.2 Å². The van der Waals surface area contributed by atoms with E-state index in [1.165, 1.54) is 0 Å². The summed E-state index contributed by atoms with van der Waals surface area (Å²) in [7, 11) is 1.58. The molecule has 2 saturated heterocycles. The van der Waals surface area contributed by atoms with Crippen molar-refractivity contribution in [1.29, 1.82) is 0 Å². The first-order chi connectivity index (χ1) is 11.7. The van der Waals surface area contributed by atoms with Crippen molar-refractivity contribution in [3.8, 4) is 5.75 Å². The molecule has 1 aromatic rings. The molecule has 2 aliphatic rings. The molecule has 3 rings (SSSR count). The summed E-state index contributed by atoms with van der Waals surface area (Å²) in [6.45, 7) is 4.55. The topological polar surface area (TPSA) is 74.3 Å². The van der Waals surface area contributed by atoms with Gasteiger partial charge in [0.25, 0.3) is 0 Å². The Kier molecular flexibility index (Phi) is 5.68. The molecule has 2 aliphatic heterocycles. The molecule has 7 nitrogen and oxygen atoms in total. The molecule has 0 aliphatic carbocycles. The third kappa shape index (κ3) is 4.05. The van der Waals surface area contributed by atoms with Crippen molar-refractivity contribution >= 4 is 11.6 Å². The van der Waals surface area contributed by atoms with E-state index in [9.17, 15) is 9.90 Å². The Balaban J connectivity index is 1.53. The summed E-state index contributed by atoms with van der Waals surface area (Å²) in [6.07, 6.45) is -0.429. The maximum atomic E-state index is 12.3. The van der Waals surface area contributed by atoms with Gasteiger partial charge >= 0.3 is 0 Å². The van der Waals surface area contributed by atoms with E-state index in [1.807, 2.05) is 29.2 Å². The van der Waals surface area contributed by atoms with E-state index < -0.39 is 6.10 Å². The lowest BCUT2D eigenvalue weighted by molar-refractivity contribution is -0.117. The molecule has 0 bridgehead atoms. The second kappa shape index (κ2) is 7.94. The Labute approximate surface area is 142 Å². The number of hydrogen-bond donors (Lipinski definition) is 2. The predicted molar refractivity (Wildman–Crippen MR) is 90.3 cm³/mol. The molecule has 0 aromatic heterocycles. The van der Waals surface area contributed by atoms with Gasteiger partial charge in [0.2, 0.25) is 5.91 Å². The monoisotopic (exact) mass is 335 g/mol. The van der Waals surface area contributed by atoms with Crippen molar-refractivity contribution in [2.45, 2.75) is 12.1 Å². The summed E-state index contributed by atoms with van der Waals surface area (Å²) in [4.78, 5) is 16.6. The van der Waals surface area contributed by atoms with E-state index in [-0.39, 0.29) is 18.5 Å². The van der Waals surface area contributed by atoms with Gasteiger partial charge in [0, 0.05) is 32.2 Å². The molecule has 0 radical (unpaired) electrons. The minimum Gasteiger partial charge on any atom is -0.495 e. The molecule has 7 heteroatoms. The van der Waals surface area contributed by atoms with Gasteiger partial charge in [-0.3, -0.25) is 14.6 Å². The smallest absolute Gasteiger partial charge is 0.238 e. The van der Waals surface area contributed by atoms with Crippen LogP contribution in [0.3, 0.4) is 0 Å². The first-order valence-corrected chi connectivity index (χ1v) is 8.32. The molecule has 132 valence electrons. The van der Waals surface area contributed by atoms with Gasteiger partial charge < -0.3 is 19.9 Å². The van der Waals surface area contributed by atoms with Gasteiger partial charge in [-0.25, -0.2) is 0 Å². The molecule has 0 spiro atoms. The molecule has 2 fully saturated rings. The normalized spacial score (nSPS) is 25.6. The number of methoxy groups -OCH3 is 1. The Morgan fingerprint density at radius 2 is 2.08 bits per heavy atom. The van der Waals surface area contributed by atoms with Crippen LogP contribution in [0.5, 0.6) is 5.75 Å². The average molecular weight is 335 g/mol. The van der Waals surface area contributed by atoms with Gasteiger partial charge in [-0.1, -0.05) is 12.1 Å². The number of rotatable bonds is 5. The first kappa shape index (κ1) is 17.2. The highest BCUT2D eigenvalue weighted by molar-refractivity contribution is 5.93. The van der Waals surface area contributed by atoms with Crippen LogP contribution >= 0.6 is 0 Å². The van der Waals surface area contributed by atoms with Crippen LogP contribution in [-0.4, -0.2) is 86.0 Å². The molecule has 0 saturated carbocycles. The number of likely N-dealkylation sites (tertiary alicyclic amines) is 1. The van der Waals surface area contributed by atoms with Crippen LogP contribution in [0.15, 0.2) is 24.3 Å². The fourth-order valence-electron chi connectivity index (χ4n) is 3.38. The molecular weight excluding hydrogens is 310 g/mol. The standard InChI is InChI=1S/C17H25N3O4/c1-23-16-5-3-2-4-13(16)18-17(22)12-19-10-14(15(21)11-19)20-6-8-24-9-7-20/h2-5,14-15,21H,6-12H2,1H3,(H,18,22)/t14-,15-/m1/s1. The number of morpholine rings is 1. The Hall–Kier alpha value is -1.67. The van der Waals surface area contributed by atoms with Crippen molar-refractivity contribution in [3.63, 3.8) is 0 Å². The number of para-hydroxylation sites is 2. The maximum absolute atomic E-state index is 12.3. The fourth-order valence-corrected chi connectivity index (χ4v) is 3.38. The van der Waals surface area contributed by atoms with E-state index >= 15 is 0 Å². The second-order valence-electron chi connectivity index (χ2n) is 6.23. The molecule has 2 heterocycles. The van der Waals surface area contributed by atoms with Gasteiger partial charge in [-0.2, -0.15) is 0 Å². The van der Waals surface area contributed by atoms with E-state index in [0.717, 1.165) is 13.1 Å². The quantitative estimate of drug-likeness (QED) is 0.790. The number of nitrogens with zero attached hydrogens (tertiary/aromatic N) is 2. The lowest BCUT2D eigenvalue weighted by atomic mass is 10.2. The zero-order valence-corrected chi connectivity index (χ0v) is 14.0. The number of β-amino-alcohol motifs (C(OH)–C–C–N with tert-alkyl or cyclic N) is 1. The van der Waals surface area contributed by atoms with Crippen molar-refractivity contribution < 1.29 is 19.4 Å². The zero-order valence-electron chi connectivity index (χ0n) is 14.0. The van der Waals surface area contributed by atoms with Crippen LogP contribution in [0.25, 0.3) is 0 Å². The molecular formula is C17H25N3O4. The van der Waals surface area contributed by atoms with Crippen LogP contribution < -0.4 is 10.1 Å². The van der Waals surface area contributed by atoms with Gasteiger partial charge in [0.1, 0.15) is 5.75 Å². The zero-order chi connectivity index (χ0) is 16.9. The molecule has 24 heavy (non-hydrogen) atoms. The summed E-state index contributed by atoms with van der Waals surface area (Å²) < 4.78 is 10.6. The van der Waals surface area contributed by atoms with Crippen LogP contribution in [-0.2, 0) is 9.53 Å². The number of anilines is 1. The minimum atomic E-state index is -0.429. The minimum absolute atomic E-state index is 0.0768. The number of ether oxygens (including phenoxy) is 2. The number of amides is 1. The average Bonchev–Trinajstić information content (AvgIpc) is 2.96. The fraction of sp³-hybridized carbons (Fsp3) is 0.588. The third-order valence-corrected chi connectivity index (χ3v) is 4.60. The number of benzene rings is 1. The third-order valence-electron chi connectivity index (χ3n) is 4.60. The van der Waals surface area contributed by atoms with Gasteiger partial charge in [-0.15, -0.1) is 0 Å². The number of aliphatic hydroxyl groups is 1. The number of nitrogens with one attached hydrogen (secondary N) is 1. The number of hydrogen-bond acceptors (Lipinski definition) is 6. The molecule has 0 unspecified atom stereocenters. The SMILES string of the molecule is COc1ccccc1NC(=O)CN1C[C@@H](O)[C@H](N2CCOCC2)C1. The van der Waals surface area contributed by atoms with Crippen molar-refractivity contribution in [2.24, 2.45) is 0 Å². The lowest BCUT2D eigenvalue weighted by Crippen LogP contribution is -2.49. The molecule has 1 aromatic carbocycles. The van der Waals surface area contributed by atoms with E-state index in [1.54, 1.807) is 7.11 Å². The summed E-state index contributed by atoms with van der Waals surface area (Å²) in [5, 5.41) is 13.2. The van der Waals surface area contributed by atoms with Gasteiger partial charge in [0.05, 0.1) is 38.7 Å². The summed E-state index contributed by atoms with van der Waals surface area (Å²) in [5.41, 5.74) is 0.662. The van der Waals surface area contributed by atoms with Gasteiger partial charge in [0.15, 0.2) is 0 Å². The maximum Gasteiger partial charge on any atom is 0.238 e.